The van der Waals surface area contributed by atoms with Gasteiger partial charge in [0.1, 0.15) is 6.10 Å². The molecule has 0 aromatic heterocycles. The monoisotopic (exact) mass is 934 g/mol. The van der Waals surface area contributed by atoms with E-state index in [2.05, 4.69) is 111 Å². The van der Waals surface area contributed by atoms with Crippen molar-refractivity contribution in [2.45, 2.75) is 283 Å². The Hall–Kier alpha value is -2.96. The van der Waals surface area contributed by atoms with Gasteiger partial charge in [-0.1, -0.05) is 254 Å². The molecule has 0 aromatic carbocycles. The largest absolute Gasteiger partial charge is 0.462 e. The highest BCUT2D eigenvalue weighted by Crippen LogP contribution is 2.17. The molecule has 386 valence electrons. The van der Waals surface area contributed by atoms with Crippen LogP contribution in [0.4, 0.5) is 0 Å². The molecular formula is C61H107NO5. The van der Waals surface area contributed by atoms with Crippen LogP contribution in [0, 0.1) is 0 Å². The van der Waals surface area contributed by atoms with E-state index < -0.39 is 18.2 Å². The first-order chi connectivity index (χ1) is 33.0. The molecule has 6 heteroatoms. The molecule has 6 nitrogen and oxygen atoms in total. The predicted octanol–water partition coefficient (Wildman–Crippen LogP) is 17.5. The number of nitrogens with one attached hydrogen (secondary N) is 1. The van der Waals surface area contributed by atoms with Gasteiger partial charge in [0.15, 0.2) is 0 Å². The van der Waals surface area contributed by atoms with Gasteiger partial charge >= 0.3 is 5.97 Å². The number of rotatable bonds is 50. The van der Waals surface area contributed by atoms with Crippen LogP contribution in [-0.4, -0.2) is 46.9 Å². The van der Waals surface area contributed by atoms with Gasteiger partial charge in [-0.3, -0.25) is 9.59 Å². The van der Waals surface area contributed by atoms with Gasteiger partial charge < -0.3 is 20.3 Å². The summed E-state index contributed by atoms with van der Waals surface area (Å²) in [4.78, 5) is 26.2. The Bertz CT molecular complexity index is 1280. The molecule has 0 spiro atoms. The zero-order chi connectivity index (χ0) is 48.8. The van der Waals surface area contributed by atoms with Crippen LogP contribution in [0.15, 0.2) is 85.1 Å². The Morgan fingerprint density at radius 3 is 1.40 bits per heavy atom. The number of esters is 1. The average Bonchev–Trinajstić information content (AvgIpc) is 3.32. The number of allylic oxidation sites excluding steroid dienone is 14. The minimum Gasteiger partial charge on any atom is -0.462 e. The molecule has 0 rings (SSSR count). The molecule has 67 heavy (non-hydrogen) atoms. The van der Waals surface area contributed by atoms with E-state index in [4.69, 9.17) is 4.74 Å². The number of hydrogen-bond donors (Lipinski definition) is 3. The SMILES string of the molecule is CC/C=C/C=C/C=C/CCCCCCCCCC(=O)OC(CCC/C=C\C/C=C\C/C=C\C/C=C\CCCCC)CC(=O)NC(CO)C(O)CCCCCCCCCCCCCCCCCC. The molecule has 0 aromatic rings. The molecule has 0 aliphatic rings. The van der Waals surface area contributed by atoms with Crippen molar-refractivity contribution in [2.75, 3.05) is 6.61 Å². The Kier molecular flexibility index (Phi) is 51.6. The van der Waals surface area contributed by atoms with E-state index in [1.807, 2.05) is 0 Å². The van der Waals surface area contributed by atoms with Crippen molar-refractivity contribution in [3.63, 3.8) is 0 Å². The lowest BCUT2D eigenvalue weighted by atomic mass is 10.0. The fourth-order valence-corrected chi connectivity index (χ4v) is 8.24. The van der Waals surface area contributed by atoms with Crippen LogP contribution in [0.2, 0.25) is 0 Å². The lowest BCUT2D eigenvalue weighted by Crippen LogP contribution is -2.46. The summed E-state index contributed by atoms with van der Waals surface area (Å²) in [6.07, 6.45) is 70.7. The minimum atomic E-state index is -0.809. The highest BCUT2D eigenvalue weighted by molar-refractivity contribution is 5.77. The number of carbonyl (C=O) groups excluding carboxylic acids is 2. The maximum absolute atomic E-state index is 13.3. The number of ether oxygens (including phenoxy) is 1. The van der Waals surface area contributed by atoms with Crippen molar-refractivity contribution in [3.05, 3.63) is 85.1 Å². The van der Waals surface area contributed by atoms with Gasteiger partial charge in [0.25, 0.3) is 0 Å². The van der Waals surface area contributed by atoms with Crippen LogP contribution in [-0.2, 0) is 14.3 Å². The van der Waals surface area contributed by atoms with Crippen LogP contribution in [0.1, 0.15) is 265 Å². The second kappa shape index (κ2) is 54.0. The molecule has 0 aliphatic carbocycles. The zero-order valence-electron chi connectivity index (χ0n) is 44.0. The van der Waals surface area contributed by atoms with Crippen molar-refractivity contribution >= 4 is 11.9 Å². The third kappa shape index (κ3) is 49.3. The van der Waals surface area contributed by atoms with E-state index in [1.54, 1.807) is 0 Å². The summed E-state index contributed by atoms with van der Waals surface area (Å²) in [7, 11) is 0. The highest BCUT2D eigenvalue weighted by atomic mass is 16.5. The minimum absolute atomic E-state index is 0.0318. The fourth-order valence-electron chi connectivity index (χ4n) is 8.24. The Morgan fingerprint density at radius 1 is 0.463 bits per heavy atom. The summed E-state index contributed by atoms with van der Waals surface area (Å²) in [5.41, 5.74) is 0. The van der Waals surface area contributed by atoms with Crippen LogP contribution in [0.5, 0.6) is 0 Å². The number of aliphatic hydroxyl groups is 2. The molecule has 3 unspecified atom stereocenters. The highest BCUT2D eigenvalue weighted by Gasteiger charge is 2.24. The molecular weight excluding hydrogens is 827 g/mol. The molecule has 1 amide bonds. The summed E-state index contributed by atoms with van der Waals surface area (Å²) < 4.78 is 5.92. The summed E-state index contributed by atoms with van der Waals surface area (Å²) in [5.74, 6) is -0.541. The van der Waals surface area contributed by atoms with Crippen molar-refractivity contribution < 1.29 is 24.5 Å². The van der Waals surface area contributed by atoms with Crippen LogP contribution < -0.4 is 5.32 Å². The first kappa shape index (κ1) is 64.0. The van der Waals surface area contributed by atoms with E-state index in [1.165, 1.54) is 135 Å². The predicted molar refractivity (Wildman–Crippen MR) is 291 cm³/mol. The Morgan fingerprint density at radius 2 is 0.881 bits per heavy atom. The van der Waals surface area contributed by atoms with Gasteiger partial charge in [-0.2, -0.15) is 0 Å². The molecule has 0 saturated heterocycles. The molecule has 3 atom stereocenters. The molecule has 0 radical (unpaired) electrons. The summed E-state index contributed by atoms with van der Waals surface area (Å²) in [6, 6.07) is -0.726. The van der Waals surface area contributed by atoms with Crippen molar-refractivity contribution in [1.82, 2.24) is 5.32 Å². The second-order valence-corrected chi connectivity index (χ2v) is 19.0. The normalized spacial score (nSPS) is 13.8. The van der Waals surface area contributed by atoms with Crippen LogP contribution >= 0.6 is 0 Å². The molecule has 0 saturated carbocycles. The molecule has 0 fully saturated rings. The zero-order valence-corrected chi connectivity index (χ0v) is 44.0. The van der Waals surface area contributed by atoms with Gasteiger partial charge in [-0.15, -0.1) is 0 Å². The first-order valence-electron chi connectivity index (χ1n) is 28.3. The summed E-state index contributed by atoms with van der Waals surface area (Å²) >= 11 is 0. The summed E-state index contributed by atoms with van der Waals surface area (Å²) in [5, 5.41) is 23.9. The fraction of sp³-hybridized carbons (Fsp3) is 0.738. The van der Waals surface area contributed by atoms with Crippen molar-refractivity contribution in [2.24, 2.45) is 0 Å². The molecule has 0 bridgehead atoms. The van der Waals surface area contributed by atoms with E-state index >= 15 is 0 Å². The maximum atomic E-state index is 13.3. The van der Waals surface area contributed by atoms with Crippen LogP contribution in [0.25, 0.3) is 0 Å². The Labute approximate surface area is 414 Å². The molecule has 0 heterocycles. The topological polar surface area (TPSA) is 95.9 Å². The van der Waals surface area contributed by atoms with Gasteiger partial charge in [0.05, 0.1) is 25.2 Å². The van der Waals surface area contributed by atoms with E-state index in [0.717, 1.165) is 83.5 Å². The average molecular weight is 935 g/mol. The van der Waals surface area contributed by atoms with E-state index in [9.17, 15) is 19.8 Å². The number of hydrogen-bond acceptors (Lipinski definition) is 5. The number of amides is 1. The second-order valence-electron chi connectivity index (χ2n) is 19.0. The van der Waals surface area contributed by atoms with Crippen LogP contribution in [0.3, 0.4) is 0 Å². The summed E-state index contributed by atoms with van der Waals surface area (Å²) in [6.45, 7) is 6.32. The Balaban J connectivity index is 4.67. The van der Waals surface area contributed by atoms with Gasteiger partial charge in [0.2, 0.25) is 5.91 Å². The van der Waals surface area contributed by atoms with Gasteiger partial charge in [0, 0.05) is 6.42 Å². The lowest BCUT2D eigenvalue weighted by Gasteiger charge is -2.24. The molecule has 0 aliphatic heterocycles. The van der Waals surface area contributed by atoms with Gasteiger partial charge in [-0.05, 0) is 83.5 Å². The van der Waals surface area contributed by atoms with Gasteiger partial charge in [-0.25, -0.2) is 0 Å². The lowest BCUT2D eigenvalue weighted by molar-refractivity contribution is -0.151. The third-order valence-corrected chi connectivity index (χ3v) is 12.5. The number of carbonyl (C=O) groups is 2. The van der Waals surface area contributed by atoms with E-state index in [0.29, 0.717) is 19.3 Å². The standard InChI is InChI=1S/C61H107NO5/c1-4-7-10-13-16-19-22-25-28-30-32-34-37-40-43-46-49-52-57(67-61(66)54-51-48-45-42-39-36-31-27-24-21-18-15-12-9-6-3)55-60(65)62-58(56-63)59(64)53-50-47-44-41-38-35-33-29-26-23-20-17-14-11-8-5-2/h9,12,15-16,18-19,21,24-25,28,32,34,40,43,57-59,63-64H,4-8,10-11,13-14,17,20,22-23,26-27,29-31,33,35-39,41-42,44-56H2,1-3H3,(H,62,65)/b12-9+,18-15+,19-16-,24-21+,28-25-,34-32-,43-40-. The molecule has 3 N–H and O–H groups in total. The quantitative estimate of drug-likeness (QED) is 0.0244. The number of aliphatic hydroxyl groups excluding tert-OH is 2. The van der Waals surface area contributed by atoms with Crippen molar-refractivity contribution in [1.29, 1.82) is 0 Å². The smallest absolute Gasteiger partial charge is 0.306 e. The van der Waals surface area contributed by atoms with Crippen molar-refractivity contribution in [3.8, 4) is 0 Å². The first-order valence-corrected chi connectivity index (χ1v) is 28.3. The van der Waals surface area contributed by atoms with E-state index in [-0.39, 0.29) is 24.9 Å². The number of unbranched alkanes of at least 4 members (excludes halogenated alkanes) is 26. The third-order valence-electron chi connectivity index (χ3n) is 12.5. The maximum Gasteiger partial charge on any atom is 0.306 e.